The van der Waals surface area contributed by atoms with Crippen molar-refractivity contribution in [3.63, 3.8) is 0 Å². The molecule has 2 aromatic rings. The lowest BCUT2D eigenvalue weighted by molar-refractivity contribution is -0.119. The number of aliphatic hydroxyl groups excluding tert-OH is 1. The monoisotopic (exact) mass is 391 g/mol. The zero-order chi connectivity index (χ0) is 19.6. The Morgan fingerprint density at radius 3 is 2.41 bits per heavy atom. The molecule has 0 aromatic heterocycles. The van der Waals surface area contributed by atoms with Crippen LogP contribution in [0.5, 0.6) is 17.2 Å². The van der Waals surface area contributed by atoms with E-state index in [1.165, 1.54) is 26.0 Å². The van der Waals surface area contributed by atoms with Gasteiger partial charge in [-0.3, -0.25) is 4.79 Å². The summed E-state index contributed by atoms with van der Waals surface area (Å²) in [5, 5.41) is 12.8. The average molecular weight is 391 g/mol. The van der Waals surface area contributed by atoms with E-state index in [0.29, 0.717) is 23.0 Å². The van der Waals surface area contributed by atoms with Crippen molar-refractivity contribution >= 4 is 17.7 Å². The Balaban J connectivity index is 1.77. The summed E-state index contributed by atoms with van der Waals surface area (Å²) < 4.78 is 16.1. The van der Waals surface area contributed by atoms with Gasteiger partial charge in [0.05, 0.1) is 20.0 Å². The highest BCUT2D eigenvalue weighted by Gasteiger charge is 2.14. The number of aryl methyl sites for hydroxylation is 1. The van der Waals surface area contributed by atoms with Gasteiger partial charge < -0.3 is 24.6 Å². The first-order chi connectivity index (χ1) is 13.0. The fourth-order valence-electron chi connectivity index (χ4n) is 2.34. The zero-order valence-electron chi connectivity index (χ0n) is 15.7. The summed E-state index contributed by atoms with van der Waals surface area (Å²) in [6, 6.07) is 13.2. The van der Waals surface area contributed by atoms with Gasteiger partial charge in [-0.25, -0.2) is 0 Å². The molecule has 6 nitrogen and oxygen atoms in total. The van der Waals surface area contributed by atoms with E-state index in [4.69, 9.17) is 14.2 Å². The summed E-state index contributed by atoms with van der Waals surface area (Å²) in [4.78, 5) is 13.1. The number of amides is 1. The third-order valence-electron chi connectivity index (χ3n) is 3.79. The normalized spacial score (nSPS) is 11.6. The zero-order valence-corrected chi connectivity index (χ0v) is 16.5. The van der Waals surface area contributed by atoms with Crippen molar-refractivity contribution in [1.29, 1.82) is 0 Å². The van der Waals surface area contributed by atoms with E-state index in [2.05, 4.69) is 5.32 Å². The molecule has 0 heterocycles. The molecule has 0 fully saturated rings. The molecule has 1 atom stereocenters. The summed E-state index contributed by atoms with van der Waals surface area (Å²) >= 11 is 1.47. The maximum atomic E-state index is 12.0. The highest BCUT2D eigenvalue weighted by molar-refractivity contribution is 8.00. The van der Waals surface area contributed by atoms with Gasteiger partial charge in [0.1, 0.15) is 12.7 Å². The Morgan fingerprint density at radius 2 is 1.78 bits per heavy atom. The van der Waals surface area contributed by atoms with Crippen molar-refractivity contribution in [3.8, 4) is 17.2 Å². The molecule has 2 rings (SSSR count). The topological polar surface area (TPSA) is 77.0 Å². The standard InChI is InChI=1S/C20H25NO5S/c1-14-7-4-5-10-18(14)27-13-19(23)21-11-15(22)12-26-20-16(24-2)8-6-9-17(20)25-3/h4-10,15,22H,11-13H2,1-3H3,(H,21,23). The van der Waals surface area contributed by atoms with E-state index >= 15 is 0 Å². The molecule has 0 radical (unpaired) electrons. The smallest absolute Gasteiger partial charge is 0.230 e. The Kier molecular flexibility index (Phi) is 8.29. The Morgan fingerprint density at radius 1 is 1.11 bits per heavy atom. The number of aliphatic hydroxyl groups is 1. The van der Waals surface area contributed by atoms with Crippen LogP contribution in [0, 0.1) is 6.92 Å². The number of thioether (sulfide) groups is 1. The highest BCUT2D eigenvalue weighted by Crippen LogP contribution is 2.36. The SMILES string of the molecule is COc1cccc(OC)c1OCC(O)CNC(=O)CSc1ccccc1C. The first-order valence-electron chi connectivity index (χ1n) is 8.52. The number of hydrogen-bond acceptors (Lipinski definition) is 6. The minimum atomic E-state index is -0.855. The molecule has 1 amide bonds. The average Bonchev–Trinajstić information content (AvgIpc) is 2.69. The van der Waals surface area contributed by atoms with Crippen LogP contribution in [0.25, 0.3) is 0 Å². The van der Waals surface area contributed by atoms with Gasteiger partial charge in [0, 0.05) is 11.4 Å². The van der Waals surface area contributed by atoms with Crippen LogP contribution in [0.2, 0.25) is 0 Å². The van der Waals surface area contributed by atoms with E-state index in [9.17, 15) is 9.90 Å². The summed E-state index contributed by atoms with van der Waals surface area (Å²) in [5.74, 6) is 1.60. The lowest BCUT2D eigenvalue weighted by Gasteiger charge is -2.17. The van der Waals surface area contributed by atoms with Crippen molar-refractivity contribution < 1.29 is 24.1 Å². The Labute approximate surface area is 163 Å². The molecule has 1 unspecified atom stereocenters. The number of nitrogens with one attached hydrogen (secondary N) is 1. The number of carbonyl (C=O) groups excluding carboxylic acids is 1. The van der Waals surface area contributed by atoms with Crippen LogP contribution in [0.4, 0.5) is 0 Å². The number of para-hydroxylation sites is 1. The Hall–Kier alpha value is -2.38. The molecule has 0 saturated carbocycles. The van der Waals surface area contributed by atoms with E-state index in [1.54, 1.807) is 18.2 Å². The molecule has 0 saturated heterocycles. The number of carbonyl (C=O) groups is 1. The molecular weight excluding hydrogens is 366 g/mol. The van der Waals surface area contributed by atoms with Gasteiger partial charge in [-0.05, 0) is 30.7 Å². The Bertz CT molecular complexity index is 731. The lowest BCUT2D eigenvalue weighted by Crippen LogP contribution is -2.36. The fraction of sp³-hybridized carbons (Fsp3) is 0.350. The fourth-order valence-corrected chi connectivity index (χ4v) is 3.20. The molecule has 0 aliphatic heterocycles. The molecule has 0 aliphatic carbocycles. The van der Waals surface area contributed by atoms with Crippen molar-refractivity contribution in [2.24, 2.45) is 0 Å². The van der Waals surface area contributed by atoms with Crippen LogP contribution in [0.3, 0.4) is 0 Å². The predicted molar refractivity (Wildman–Crippen MR) is 106 cm³/mol. The number of rotatable bonds is 10. The number of ether oxygens (including phenoxy) is 3. The third-order valence-corrected chi connectivity index (χ3v) is 4.97. The molecular formula is C20H25NO5S. The molecule has 0 bridgehead atoms. The second-order valence-electron chi connectivity index (χ2n) is 5.81. The highest BCUT2D eigenvalue weighted by atomic mass is 32.2. The largest absolute Gasteiger partial charge is 0.493 e. The molecule has 2 N–H and O–H groups in total. The molecule has 7 heteroatoms. The van der Waals surface area contributed by atoms with Gasteiger partial charge in [-0.2, -0.15) is 0 Å². The first kappa shape index (κ1) is 20.9. The maximum Gasteiger partial charge on any atom is 0.230 e. The summed E-state index contributed by atoms with van der Waals surface area (Å²) in [5.41, 5.74) is 1.13. The van der Waals surface area contributed by atoms with Gasteiger partial charge in [-0.1, -0.05) is 24.3 Å². The maximum absolute atomic E-state index is 12.0. The molecule has 27 heavy (non-hydrogen) atoms. The van der Waals surface area contributed by atoms with Crippen LogP contribution < -0.4 is 19.5 Å². The summed E-state index contributed by atoms with van der Waals surface area (Å²) in [7, 11) is 3.06. The number of benzene rings is 2. The number of hydrogen-bond donors (Lipinski definition) is 2. The second-order valence-corrected chi connectivity index (χ2v) is 6.83. The summed E-state index contributed by atoms with van der Waals surface area (Å²) in [6.07, 6.45) is -0.855. The van der Waals surface area contributed by atoms with Crippen LogP contribution in [0.15, 0.2) is 47.4 Å². The second kappa shape index (κ2) is 10.7. The van der Waals surface area contributed by atoms with Crippen molar-refractivity contribution in [2.75, 3.05) is 33.1 Å². The lowest BCUT2D eigenvalue weighted by atomic mass is 10.2. The van der Waals surface area contributed by atoms with Crippen molar-refractivity contribution in [1.82, 2.24) is 5.32 Å². The van der Waals surface area contributed by atoms with E-state index in [-0.39, 0.29) is 19.1 Å². The van der Waals surface area contributed by atoms with Crippen molar-refractivity contribution in [3.05, 3.63) is 48.0 Å². The van der Waals surface area contributed by atoms with E-state index in [0.717, 1.165) is 10.5 Å². The summed E-state index contributed by atoms with van der Waals surface area (Å²) in [6.45, 7) is 2.11. The third kappa shape index (κ3) is 6.37. The van der Waals surface area contributed by atoms with Crippen molar-refractivity contribution in [2.45, 2.75) is 17.9 Å². The molecule has 0 spiro atoms. The first-order valence-corrected chi connectivity index (χ1v) is 9.50. The van der Waals surface area contributed by atoms with Crippen LogP contribution in [-0.4, -0.2) is 50.2 Å². The van der Waals surface area contributed by atoms with Crippen LogP contribution in [0.1, 0.15) is 5.56 Å². The van der Waals surface area contributed by atoms with Gasteiger partial charge in [0.25, 0.3) is 0 Å². The van der Waals surface area contributed by atoms with Gasteiger partial charge in [0.15, 0.2) is 11.5 Å². The van der Waals surface area contributed by atoms with Gasteiger partial charge in [-0.15, -0.1) is 11.8 Å². The van der Waals surface area contributed by atoms with Crippen LogP contribution in [-0.2, 0) is 4.79 Å². The molecule has 2 aromatic carbocycles. The minimum Gasteiger partial charge on any atom is -0.493 e. The van der Waals surface area contributed by atoms with Gasteiger partial charge >= 0.3 is 0 Å². The van der Waals surface area contributed by atoms with Crippen LogP contribution >= 0.6 is 11.8 Å². The van der Waals surface area contributed by atoms with E-state index in [1.807, 2.05) is 31.2 Å². The minimum absolute atomic E-state index is 0.00193. The van der Waals surface area contributed by atoms with E-state index < -0.39 is 6.10 Å². The predicted octanol–water partition coefficient (Wildman–Crippen LogP) is 2.66. The quantitative estimate of drug-likeness (QED) is 0.607. The molecule has 146 valence electrons. The number of methoxy groups -OCH3 is 2. The van der Waals surface area contributed by atoms with Gasteiger partial charge in [0.2, 0.25) is 11.7 Å². The molecule has 0 aliphatic rings.